The number of nitro benzene ring substituents is 1. The van der Waals surface area contributed by atoms with Crippen LogP contribution in [0, 0.1) is 10.1 Å². The number of aliphatic hydroxyl groups is 2. The number of nitrogens with zero attached hydrogens (tertiary/aromatic N) is 3. The third-order valence-corrected chi connectivity index (χ3v) is 5.67. The number of hydrogen-bond acceptors (Lipinski definition) is 9. The summed E-state index contributed by atoms with van der Waals surface area (Å²) in [6, 6.07) is 8.66. The molecule has 2 N–H and O–H groups in total. The van der Waals surface area contributed by atoms with Gasteiger partial charge in [-0.25, -0.2) is 8.51 Å². The lowest BCUT2D eigenvalue weighted by molar-refractivity contribution is -0.387. The lowest BCUT2D eigenvalue weighted by atomic mass is 10.3. The fourth-order valence-corrected chi connectivity index (χ4v) is 3.91. The molecule has 1 aromatic heterocycles. The first-order valence-corrected chi connectivity index (χ1v) is 11.3. The van der Waals surface area contributed by atoms with Crippen molar-refractivity contribution in [1.29, 1.82) is 0 Å². The highest BCUT2D eigenvalue weighted by Gasteiger charge is 2.24. The number of benzene rings is 1. The SMILES string of the molecule is CC.COC(=O)CCN(CCOc1cc(CO)nc(CO)c1)S(=O)c1ccccc1[N+](=O)[O-]. The molecule has 0 saturated carbocycles. The first-order chi connectivity index (χ1) is 15.9. The molecule has 1 unspecified atom stereocenters. The monoisotopic (exact) mass is 483 g/mol. The molecule has 0 aliphatic heterocycles. The van der Waals surface area contributed by atoms with Crippen molar-refractivity contribution < 1.29 is 33.6 Å². The Kier molecular flexibility index (Phi) is 12.8. The Morgan fingerprint density at radius 2 is 1.76 bits per heavy atom. The van der Waals surface area contributed by atoms with Gasteiger partial charge in [0.15, 0.2) is 0 Å². The third-order valence-electron chi connectivity index (χ3n) is 4.12. The number of aromatic nitrogens is 1. The number of pyridine rings is 1. The van der Waals surface area contributed by atoms with Gasteiger partial charge in [-0.3, -0.25) is 19.9 Å². The van der Waals surface area contributed by atoms with Crippen LogP contribution < -0.4 is 4.74 Å². The van der Waals surface area contributed by atoms with Crippen molar-refractivity contribution >= 4 is 22.6 Å². The van der Waals surface area contributed by atoms with Gasteiger partial charge in [-0.2, -0.15) is 0 Å². The van der Waals surface area contributed by atoms with Gasteiger partial charge in [-0.15, -0.1) is 0 Å². The second kappa shape index (κ2) is 15.0. The molecule has 0 bridgehead atoms. The molecule has 11 nitrogen and oxygen atoms in total. The summed E-state index contributed by atoms with van der Waals surface area (Å²) >= 11 is 0. The van der Waals surface area contributed by atoms with E-state index in [4.69, 9.17) is 4.74 Å². The smallest absolute Gasteiger partial charge is 0.306 e. The number of rotatable bonds is 12. The van der Waals surface area contributed by atoms with Crippen LogP contribution >= 0.6 is 0 Å². The molecular formula is C21H29N3O8S. The standard InChI is InChI=1S/C19H23N3O8S.C2H6/c1-29-19(25)6-7-21(31(28)18-5-3-2-4-17(18)22(26)27)8-9-30-16-10-14(12-23)20-15(11-16)13-24;1-2/h2-5,10-11,23-24H,6-9,12-13H2,1H3;1-2H3. The molecule has 0 radical (unpaired) electrons. The topological polar surface area (TPSA) is 152 Å². The van der Waals surface area contributed by atoms with Gasteiger partial charge in [0.2, 0.25) is 0 Å². The third kappa shape index (κ3) is 8.85. The van der Waals surface area contributed by atoms with E-state index in [1.54, 1.807) is 6.07 Å². The summed E-state index contributed by atoms with van der Waals surface area (Å²) in [5.41, 5.74) is 0.333. The van der Waals surface area contributed by atoms with Crippen molar-refractivity contribution in [2.75, 3.05) is 26.8 Å². The summed E-state index contributed by atoms with van der Waals surface area (Å²) in [4.78, 5) is 26.2. The minimum Gasteiger partial charge on any atom is -0.492 e. The second-order valence-corrected chi connectivity index (χ2v) is 7.63. The highest BCUT2D eigenvalue weighted by molar-refractivity contribution is 7.82. The summed E-state index contributed by atoms with van der Waals surface area (Å²) < 4.78 is 24.7. The van der Waals surface area contributed by atoms with Crippen molar-refractivity contribution in [3.05, 3.63) is 57.9 Å². The number of ether oxygens (including phenoxy) is 2. The van der Waals surface area contributed by atoms with Crippen molar-refractivity contribution in [3.8, 4) is 5.75 Å². The molecule has 2 rings (SSSR count). The predicted octanol–water partition coefficient (Wildman–Crippen LogP) is 1.97. The Labute approximate surface area is 194 Å². The highest BCUT2D eigenvalue weighted by Crippen LogP contribution is 2.24. The molecule has 0 spiro atoms. The number of para-hydroxylation sites is 1. The van der Waals surface area contributed by atoms with Crippen LogP contribution in [0.5, 0.6) is 5.75 Å². The zero-order valence-corrected chi connectivity index (χ0v) is 19.6. The number of aliphatic hydroxyl groups excluding tert-OH is 2. The maximum atomic E-state index is 13.1. The van der Waals surface area contributed by atoms with Crippen LogP contribution in [0.15, 0.2) is 41.3 Å². The average Bonchev–Trinajstić information content (AvgIpc) is 2.86. The van der Waals surface area contributed by atoms with Crippen molar-refractivity contribution in [3.63, 3.8) is 0 Å². The van der Waals surface area contributed by atoms with E-state index in [1.807, 2.05) is 13.8 Å². The number of carbonyl (C=O) groups is 1. The van der Waals surface area contributed by atoms with Gasteiger partial charge in [0.25, 0.3) is 5.69 Å². The minimum atomic E-state index is -1.93. The van der Waals surface area contributed by atoms with E-state index in [0.29, 0.717) is 17.1 Å². The highest BCUT2D eigenvalue weighted by atomic mass is 32.2. The van der Waals surface area contributed by atoms with Crippen LogP contribution in [0.25, 0.3) is 0 Å². The zero-order chi connectivity index (χ0) is 24.8. The molecule has 0 saturated heterocycles. The molecule has 182 valence electrons. The predicted molar refractivity (Wildman–Crippen MR) is 121 cm³/mol. The van der Waals surface area contributed by atoms with Crippen LogP contribution in [-0.2, 0) is 33.7 Å². The molecular weight excluding hydrogens is 454 g/mol. The van der Waals surface area contributed by atoms with E-state index in [2.05, 4.69) is 9.72 Å². The number of nitro groups is 1. The molecule has 0 aliphatic carbocycles. The average molecular weight is 484 g/mol. The number of hydrogen-bond donors (Lipinski definition) is 2. The van der Waals surface area contributed by atoms with Gasteiger partial charge in [0.05, 0.1) is 43.1 Å². The van der Waals surface area contributed by atoms with Gasteiger partial charge in [-0.05, 0) is 6.07 Å². The van der Waals surface area contributed by atoms with Crippen molar-refractivity contribution in [2.24, 2.45) is 0 Å². The summed E-state index contributed by atoms with van der Waals surface area (Å²) in [6.45, 7) is 3.44. The van der Waals surface area contributed by atoms with Gasteiger partial charge in [0.1, 0.15) is 28.2 Å². The van der Waals surface area contributed by atoms with Gasteiger partial charge < -0.3 is 19.7 Å². The van der Waals surface area contributed by atoms with Crippen LogP contribution in [0.2, 0.25) is 0 Å². The number of methoxy groups -OCH3 is 1. The molecule has 2 aromatic rings. The molecule has 0 aliphatic rings. The van der Waals surface area contributed by atoms with Crippen molar-refractivity contribution in [1.82, 2.24) is 9.29 Å². The van der Waals surface area contributed by atoms with Crippen LogP contribution in [0.3, 0.4) is 0 Å². The Morgan fingerprint density at radius 1 is 1.15 bits per heavy atom. The van der Waals surface area contributed by atoms with Crippen LogP contribution in [0.1, 0.15) is 31.7 Å². The molecule has 1 aromatic carbocycles. The first-order valence-electron chi connectivity index (χ1n) is 10.2. The second-order valence-electron chi connectivity index (χ2n) is 6.18. The van der Waals surface area contributed by atoms with Crippen molar-refractivity contribution in [2.45, 2.75) is 38.4 Å². The fourth-order valence-electron chi connectivity index (χ4n) is 2.62. The van der Waals surface area contributed by atoms with E-state index in [0.717, 1.165) is 0 Å². The Bertz CT molecular complexity index is 919. The van der Waals surface area contributed by atoms with E-state index >= 15 is 0 Å². The molecule has 12 heteroatoms. The van der Waals surface area contributed by atoms with Crippen LogP contribution in [0.4, 0.5) is 5.69 Å². The minimum absolute atomic E-state index is 0.00594. The summed E-state index contributed by atoms with van der Waals surface area (Å²) in [5.74, 6) is -0.174. The maximum Gasteiger partial charge on any atom is 0.306 e. The largest absolute Gasteiger partial charge is 0.492 e. The maximum absolute atomic E-state index is 13.1. The Hall–Kier alpha value is -2.93. The Balaban J connectivity index is 0.00000265. The quantitative estimate of drug-likeness (QED) is 0.262. The summed E-state index contributed by atoms with van der Waals surface area (Å²) in [7, 11) is -0.698. The van der Waals surface area contributed by atoms with Crippen LogP contribution in [-0.4, -0.2) is 61.4 Å². The normalized spacial score (nSPS) is 11.3. The van der Waals surface area contributed by atoms with E-state index in [9.17, 15) is 29.3 Å². The summed E-state index contributed by atoms with van der Waals surface area (Å²) in [6.07, 6.45) is -0.0680. The van der Waals surface area contributed by atoms with E-state index in [-0.39, 0.29) is 49.9 Å². The van der Waals surface area contributed by atoms with Gasteiger partial charge >= 0.3 is 5.97 Å². The molecule has 1 heterocycles. The summed E-state index contributed by atoms with van der Waals surface area (Å²) in [5, 5.41) is 29.8. The molecule has 1 atom stereocenters. The molecule has 0 fully saturated rings. The lowest BCUT2D eigenvalue weighted by Crippen LogP contribution is -2.33. The Morgan fingerprint density at radius 3 is 2.30 bits per heavy atom. The van der Waals surface area contributed by atoms with E-state index in [1.165, 1.54) is 41.7 Å². The van der Waals surface area contributed by atoms with Gasteiger partial charge in [0, 0.05) is 31.3 Å². The molecule has 0 amide bonds. The zero-order valence-electron chi connectivity index (χ0n) is 18.8. The first kappa shape index (κ1) is 28.1. The van der Waals surface area contributed by atoms with Gasteiger partial charge in [-0.1, -0.05) is 26.0 Å². The number of esters is 1. The number of carbonyl (C=O) groups excluding carboxylic acids is 1. The van der Waals surface area contributed by atoms with E-state index < -0.39 is 21.9 Å². The molecule has 33 heavy (non-hydrogen) atoms. The lowest BCUT2D eigenvalue weighted by Gasteiger charge is -2.21. The fraction of sp³-hybridized carbons (Fsp3) is 0.429.